The molecule has 5 heteroatoms. The summed E-state index contributed by atoms with van der Waals surface area (Å²) in [5, 5.41) is 11.1. The van der Waals surface area contributed by atoms with Crippen LogP contribution < -0.4 is 10.6 Å². The molecule has 1 aromatic heterocycles. The van der Waals surface area contributed by atoms with Crippen molar-refractivity contribution in [3.8, 4) is 0 Å². The molecular formula is C19H27N5. The highest BCUT2D eigenvalue weighted by atomic mass is 15.2. The number of aryl methyl sites for hydroxylation is 1. The molecule has 0 atom stereocenters. The lowest BCUT2D eigenvalue weighted by Gasteiger charge is -2.43. The third kappa shape index (κ3) is 3.78. The van der Waals surface area contributed by atoms with E-state index in [2.05, 4.69) is 53.0 Å². The Balaban J connectivity index is 1.65. The van der Waals surface area contributed by atoms with Gasteiger partial charge in [0.25, 0.3) is 0 Å². The van der Waals surface area contributed by atoms with Gasteiger partial charge in [0.1, 0.15) is 0 Å². The van der Waals surface area contributed by atoms with Gasteiger partial charge in [-0.15, -0.1) is 0 Å². The highest BCUT2D eigenvalue weighted by molar-refractivity contribution is 5.79. The van der Waals surface area contributed by atoms with Gasteiger partial charge in [-0.2, -0.15) is 5.10 Å². The molecule has 1 aliphatic rings. The summed E-state index contributed by atoms with van der Waals surface area (Å²) in [6, 6.07) is 10.9. The molecule has 2 N–H and O–H groups in total. The van der Waals surface area contributed by atoms with Gasteiger partial charge in [-0.05, 0) is 25.3 Å². The standard InChI is InChI=1S/C19H27N5/c1-3-20-18(21-12-16-13-23-24(2)14-16)22-15-19(10-7-11-19)17-8-5-4-6-9-17/h4-6,8-9,13-14H,3,7,10-12,15H2,1-2H3,(H2,20,21,22). The Kier molecular flexibility index (Phi) is 5.18. The summed E-state index contributed by atoms with van der Waals surface area (Å²) in [4.78, 5) is 4.69. The number of aliphatic imine (C=N–C) groups is 1. The van der Waals surface area contributed by atoms with E-state index < -0.39 is 0 Å². The Morgan fingerprint density at radius 1 is 1.25 bits per heavy atom. The van der Waals surface area contributed by atoms with Crippen LogP contribution in [0.2, 0.25) is 0 Å². The van der Waals surface area contributed by atoms with E-state index in [4.69, 9.17) is 4.99 Å². The lowest BCUT2D eigenvalue weighted by atomic mass is 9.64. The zero-order chi connectivity index (χ0) is 16.8. The Labute approximate surface area is 144 Å². The van der Waals surface area contributed by atoms with Crippen LogP contribution in [0.15, 0.2) is 47.7 Å². The second-order valence-electron chi connectivity index (χ2n) is 6.57. The molecular weight excluding hydrogens is 298 g/mol. The first-order chi connectivity index (χ1) is 11.7. The van der Waals surface area contributed by atoms with Crippen molar-refractivity contribution in [2.24, 2.45) is 12.0 Å². The first kappa shape index (κ1) is 16.6. The number of guanidine groups is 1. The van der Waals surface area contributed by atoms with Crippen molar-refractivity contribution in [2.75, 3.05) is 13.1 Å². The first-order valence-electron chi connectivity index (χ1n) is 8.77. The minimum Gasteiger partial charge on any atom is -0.357 e. The summed E-state index contributed by atoms with van der Waals surface area (Å²) in [6.45, 7) is 4.52. The van der Waals surface area contributed by atoms with Crippen molar-refractivity contribution in [2.45, 2.75) is 38.1 Å². The van der Waals surface area contributed by atoms with Crippen LogP contribution in [0, 0.1) is 0 Å². The summed E-state index contributed by atoms with van der Waals surface area (Å²) in [7, 11) is 1.93. The molecule has 1 aromatic carbocycles. The van der Waals surface area contributed by atoms with E-state index in [-0.39, 0.29) is 5.41 Å². The molecule has 0 aliphatic heterocycles. The highest BCUT2D eigenvalue weighted by Crippen LogP contribution is 2.43. The molecule has 1 heterocycles. The lowest BCUT2D eigenvalue weighted by molar-refractivity contribution is 0.244. The third-order valence-corrected chi connectivity index (χ3v) is 4.81. The number of aromatic nitrogens is 2. The number of rotatable bonds is 6. The van der Waals surface area contributed by atoms with Crippen LogP contribution in [0.4, 0.5) is 0 Å². The molecule has 24 heavy (non-hydrogen) atoms. The van der Waals surface area contributed by atoms with E-state index in [0.29, 0.717) is 6.54 Å². The molecule has 0 radical (unpaired) electrons. The molecule has 1 fully saturated rings. The maximum absolute atomic E-state index is 4.69. The van der Waals surface area contributed by atoms with E-state index >= 15 is 0 Å². The van der Waals surface area contributed by atoms with Gasteiger partial charge in [-0.3, -0.25) is 4.68 Å². The number of hydrogen-bond donors (Lipinski definition) is 2. The van der Waals surface area contributed by atoms with Crippen molar-refractivity contribution in [1.29, 1.82) is 0 Å². The summed E-state index contributed by atoms with van der Waals surface area (Å²) < 4.78 is 1.81. The molecule has 0 bridgehead atoms. The molecule has 0 spiro atoms. The fraction of sp³-hybridized carbons (Fsp3) is 0.474. The second kappa shape index (κ2) is 7.51. The average molecular weight is 325 g/mol. The van der Waals surface area contributed by atoms with Gasteiger partial charge >= 0.3 is 0 Å². The van der Waals surface area contributed by atoms with Crippen LogP contribution in [-0.4, -0.2) is 28.8 Å². The summed E-state index contributed by atoms with van der Waals surface area (Å²) in [6.07, 6.45) is 7.66. The predicted molar refractivity (Wildman–Crippen MR) is 98.0 cm³/mol. The largest absolute Gasteiger partial charge is 0.357 e. The molecule has 0 amide bonds. The van der Waals surface area contributed by atoms with E-state index in [9.17, 15) is 0 Å². The zero-order valence-corrected chi connectivity index (χ0v) is 14.6. The molecule has 0 saturated heterocycles. The zero-order valence-electron chi connectivity index (χ0n) is 14.6. The molecule has 1 saturated carbocycles. The summed E-state index contributed by atoms with van der Waals surface area (Å²) >= 11 is 0. The van der Waals surface area contributed by atoms with E-state index in [1.165, 1.54) is 24.8 Å². The van der Waals surface area contributed by atoms with Crippen molar-refractivity contribution in [3.05, 3.63) is 53.9 Å². The minimum atomic E-state index is 0.256. The van der Waals surface area contributed by atoms with E-state index in [0.717, 1.165) is 24.6 Å². The summed E-state index contributed by atoms with van der Waals surface area (Å²) in [5.41, 5.74) is 2.81. The average Bonchev–Trinajstić information content (AvgIpc) is 2.98. The van der Waals surface area contributed by atoms with Crippen LogP contribution >= 0.6 is 0 Å². The van der Waals surface area contributed by atoms with Crippen LogP contribution in [0.25, 0.3) is 0 Å². The molecule has 2 aromatic rings. The second-order valence-corrected chi connectivity index (χ2v) is 6.57. The number of benzene rings is 1. The Hall–Kier alpha value is -2.30. The minimum absolute atomic E-state index is 0.256. The van der Waals surface area contributed by atoms with Gasteiger partial charge in [0, 0.05) is 37.3 Å². The van der Waals surface area contributed by atoms with Crippen LogP contribution in [0.1, 0.15) is 37.3 Å². The highest BCUT2D eigenvalue weighted by Gasteiger charge is 2.38. The van der Waals surface area contributed by atoms with Crippen LogP contribution in [0.5, 0.6) is 0 Å². The maximum Gasteiger partial charge on any atom is 0.191 e. The third-order valence-electron chi connectivity index (χ3n) is 4.81. The normalized spacial score (nSPS) is 16.5. The monoisotopic (exact) mass is 325 g/mol. The summed E-state index contributed by atoms with van der Waals surface area (Å²) in [5.74, 6) is 0.878. The van der Waals surface area contributed by atoms with E-state index in [1.54, 1.807) is 0 Å². The maximum atomic E-state index is 4.69. The molecule has 128 valence electrons. The molecule has 1 aliphatic carbocycles. The number of nitrogens with one attached hydrogen (secondary N) is 2. The fourth-order valence-electron chi connectivity index (χ4n) is 3.28. The van der Waals surface area contributed by atoms with Gasteiger partial charge in [0.15, 0.2) is 5.96 Å². The fourth-order valence-corrected chi connectivity index (χ4v) is 3.28. The van der Waals surface area contributed by atoms with Crippen LogP contribution in [-0.2, 0) is 19.0 Å². The number of nitrogens with zero attached hydrogens (tertiary/aromatic N) is 3. The van der Waals surface area contributed by atoms with Crippen molar-refractivity contribution in [3.63, 3.8) is 0 Å². The smallest absolute Gasteiger partial charge is 0.191 e. The first-order valence-corrected chi connectivity index (χ1v) is 8.77. The number of hydrogen-bond acceptors (Lipinski definition) is 2. The van der Waals surface area contributed by atoms with Crippen molar-refractivity contribution < 1.29 is 0 Å². The van der Waals surface area contributed by atoms with Gasteiger partial charge in [0.2, 0.25) is 0 Å². The Morgan fingerprint density at radius 2 is 2.04 bits per heavy atom. The molecule has 0 unspecified atom stereocenters. The molecule has 3 rings (SSSR count). The predicted octanol–water partition coefficient (Wildman–Crippen LogP) is 2.60. The molecule has 5 nitrogen and oxygen atoms in total. The topological polar surface area (TPSA) is 54.2 Å². The van der Waals surface area contributed by atoms with Gasteiger partial charge in [-0.1, -0.05) is 36.8 Å². The van der Waals surface area contributed by atoms with Crippen LogP contribution in [0.3, 0.4) is 0 Å². The quantitative estimate of drug-likeness (QED) is 0.634. The Bertz CT molecular complexity index is 670. The van der Waals surface area contributed by atoms with Crippen molar-refractivity contribution >= 4 is 5.96 Å². The van der Waals surface area contributed by atoms with Gasteiger partial charge in [0.05, 0.1) is 12.7 Å². The Morgan fingerprint density at radius 3 is 2.62 bits per heavy atom. The van der Waals surface area contributed by atoms with E-state index in [1.807, 2.05) is 24.1 Å². The van der Waals surface area contributed by atoms with Crippen molar-refractivity contribution in [1.82, 2.24) is 20.4 Å². The lowest BCUT2D eigenvalue weighted by Crippen LogP contribution is -2.48. The van der Waals surface area contributed by atoms with Gasteiger partial charge < -0.3 is 10.6 Å². The van der Waals surface area contributed by atoms with Gasteiger partial charge in [-0.25, -0.2) is 4.99 Å². The SMILES string of the molecule is CCNC(=NCc1cnn(C)c1)NCC1(c2ccccc2)CCC1.